The Morgan fingerprint density at radius 2 is 2.29 bits per heavy atom. The zero-order valence-electron chi connectivity index (χ0n) is 4.51. The topological polar surface area (TPSA) is 40.9 Å². The second kappa shape index (κ2) is 6.16. The van der Waals surface area contributed by atoms with Gasteiger partial charge in [0.25, 0.3) is 0 Å². The molecule has 7 heavy (non-hydrogen) atoms. The van der Waals surface area contributed by atoms with E-state index in [2.05, 4.69) is 0 Å². The van der Waals surface area contributed by atoms with E-state index in [4.69, 9.17) is 5.26 Å². The van der Waals surface area contributed by atoms with Crippen LogP contribution in [0.25, 0.3) is 0 Å². The average Bonchev–Trinajstić information content (AvgIpc) is 1.65. The van der Waals surface area contributed by atoms with Crippen LogP contribution in [0.4, 0.5) is 0 Å². The van der Waals surface area contributed by atoms with E-state index in [0.29, 0.717) is 6.29 Å². The largest absolute Gasteiger partial charge is 0.302 e. The molecule has 1 atom stereocenters. The molecule has 0 amide bonds. The first-order valence-electron chi connectivity index (χ1n) is 1.66. The number of hydrogen-bond acceptors (Lipinski definition) is 2. The molecule has 0 saturated carbocycles. The van der Waals surface area contributed by atoms with Gasteiger partial charge in [-0.1, -0.05) is 0 Å². The van der Waals surface area contributed by atoms with E-state index in [1.54, 1.807) is 13.0 Å². The molecule has 0 aromatic heterocycles. The van der Waals surface area contributed by atoms with Gasteiger partial charge in [0.05, 0.1) is 12.0 Å². The van der Waals surface area contributed by atoms with Gasteiger partial charge in [0.15, 0.2) is 0 Å². The van der Waals surface area contributed by atoms with E-state index < -0.39 is 5.92 Å². The molecule has 0 heterocycles. The molecule has 0 N–H and O–H groups in total. The second-order valence-electron chi connectivity index (χ2n) is 1.05. The van der Waals surface area contributed by atoms with E-state index in [0.717, 1.165) is 0 Å². The Morgan fingerprint density at radius 3 is 2.29 bits per heavy atom. The summed E-state index contributed by atoms with van der Waals surface area (Å²) in [4.78, 5) is 9.51. The molecule has 0 aliphatic heterocycles. The van der Waals surface area contributed by atoms with Crippen molar-refractivity contribution in [2.45, 2.75) is 6.92 Å². The Balaban J connectivity index is 0. The normalized spacial score (nSPS) is 10.3. The Hall–Kier alpha value is 0.160. The Labute approximate surface area is 64.8 Å². The number of carbonyl (C=O) groups excluding carboxylic acids is 1. The predicted molar refractivity (Wildman–Crippen MR) is 26.6 cm³/mol. The number of nitriles is 1. The fourth-order valence-electron chi connectivity index (χ4n) is 0.0304. The quantitative estimate of drug-likeness (QED) is 0.347. The summed E-state index contributed by atoms with van der Waals surface area (Å²) in [6, 6.07) is 1.75. The Morgan fingerprint density at radius 1 is 1.86 bits per heavy atom. The van der Waals surface area contributed by atoms with Gasteiger partial charge < -0.3 is 4.79 Å². The SMILES string of the molecule is CC(C#N)C=O.[Na]. The van der Waals surface area contributed by atoms with Gasteiger partial charge in [-0.05, 0) is 6.92 Å². The van der Waals surface area contributed by atoms with Gasteiger partial charge in [0, 0.05) is 29.6 Å². The first-order valence-corrected chi connectivity index (χ1v) is 1.66. The van der Waals surface area contributed by atoms with Crippen molar-refractivity contribution < 1.29 is 4.79 Å². The van der Waals surface area contributed by atoms with Crippen molar-refractivity contribution in [2.75, 3.05) is 0 Å². The van der Waals surface area contributed by atoms with Gasteiger partial charge in [-0.15, -0.1) is 0 Å². The number of aldehydes is 1. The minimum absolute atomic E-state index is 0. The summed E-state index contributed by atoms with van der Waals surface area (Å²) in [5.41, 5.74) is 0. The van der Waals surface area contributed by atoms with Crippen LogP contribution in [0.15, 0.2) is 0 Å². The van der Waals surface area contributed by atoms with Crippen LogP contribution < -0.4 is 0 Å². The minimum atomic E-state index is -0.440. The second-order valence-corrected chi connectivity index (χ2v) is 1.05. The van der Waals surface area contributed by atoms with Crippen molar-refractivity contribution in [2.24, 2.45) is 5.92 Å². The fourth-order valence-corrected chi connectivity index (χ4v) is 0.0304. The third-order valence-electron chi connectivity index (χ3n) is 0.408. The molecule has 33 valence electrons. The molecular formula is C4H5NNaO. The molecule has 0 aromatic rings. The maximum Gasteiger partial charge on any atom is 0.136 e. The van der Waals surface area contributed by atoms with Gasteiger partial charge in [0.1, 0.15) is 6.29 Å². The zero-order valence-corrected chi connectivity index (χ0v) is 6.51. The maximum absolute atomic E-state index is 9.51. The molecule has 0 rings (SSSR count). The third kappa shape index (κ3) is 6.16. The number of rotatable bonds is 1. The van der Waals surface area contributed by atoms with Crippen molar-refractivity contribution in [3.8, 4) is 6.07 Å². The summed E-state index contributed by atoms with van der Waals surface area (Å²) in [5.74, 6) is -0.440. The van der Waals surface area contributed by atoms with Gasteiger partial charge >= 0.3 is 0 Å². The molecule has 0 spiro atoms. The van der Waals surface area contributed by atoms with Crippen molar-refractivity contribution >= 4 is 35.8 Å². The minimum Gasteiger partial charge on any atom is -0.302 e. The van der Waals surface area contributed by atoms with Crippen LogP contribution in [-0.2, 0) is 4.79 Å². The monoisotopic (exact) mass is 106 g/mol. The molecule has 0 bridgehead atoms. The average molecular weight is 106 g/mol. The molecular weight excluding hydrogens is 101 g/mol. The first-order chi connectivity index (χ1) is 2.81. The molecule has 1 unspecified atom stereocenters. The van der Waals surface area contributed by atoms with Crippen molar-refractivity contribution in [3.63, 3.8) is 0 Å². The fraction of sp³-hybridized carbons (Fsp3) is 0.500. The number of hydrogen-bond donors (Lipinski definition) is 0. The number of carbonyl (C=O) groups is 1. The van der Waals surface area contributed by atoms with Gasteiger partial charge in [-0.25, -0.2) is 0 Å². The molecule has 1 radical (unpaired) electrons. The molecule has 0 fully saturated rings. The van der Waals surface area contributed by atoms with Crippen molar-refractivity contribution in [1.29, 1.82) is 5.26 Å². The predicted octanol–water partition coefficient (Wildman–Crippen LogP) is -0.0358. The van der Waals surface area contributed by atoms with Gasteiger partial charge in [-0.2, -0.15) is 5.26 Å². The smallest absolute Gasteiger partial charge is 0.136 e. The summed E-state index contributed by atoms with van der Waals surface area (Å²) in [6.45, 7) is 1.55. The summed E-state index contributed by atoms with van der Waals surface area (Å²) in [5, 5.41) is 7.85. The van der Waals surface area contributed by atoms with Crippen LogP contribution in [-0.4, -0.2) is 35.8 Å². The van der Waals surface area contributed by atoms with E-state index in [1.165, 1.54) is 0 Å². The van der Waals surface area contributed by atoms with Crippen molar-refractivity contribution in [3.05, 3.63) is 0 Å². The van der Waals surface area contributed by atoms with Gasteiger partial charge in [-0.3, -0.25) is 0 Å². The first kappa shape index (κ1) is 10.2. The zero-order chi connectivity index (χ0) is 4.99. The summed E-state index contributed by atoms with van der Waals surface area (Å²) in [6.07, 6.45) is 0.611. The molecule has 0 saturated heterocycles. The van der Waals surface area contributed by atoms with Crippen LogP contribution in [0.3, 0.4) is 0 Å². The van der Waals surface area contributed by atoms with E-state index in [1.807, 2.05) is 0 Å². The summed E-state index contributed by atoms with van der Waals surface area (Å²) < 4.78 is 0. The maximum atomic E-state index is 9.51. The van der Waals surface area contributed by atoms with Crippen molar-refractivity contribution in [1.82, 2.24) is 0 Å². The summed E-state index contributed by atoms with van der Waals surface area (Å²) >= 11 is 0. The standard InChI is InChI=1S/C4H5NO.Na/c1-4(2-5)3-6;/h3-4H,1H3;. The van der Waals surface area contributed by atoms with Gasteiger partial charge in [0.2, 0.25) is 0 Å². The van der Waals surface area contributed by atoms with E-state index in [-0.39, 0.29) is 29.6 Å². The van der Waals surface area contributed by atoms with Crippen LogP contribution in [0, 0.1) is 17.2 Å². The third-order valence-corrected chi connectivity index (χ3v) is 0.408. The van der Waals surface area contributed by atoms with Crippen LogP contribution in [0.1, 0.15) is 6.92 Å². The summed E-state index contributed by atoms with van der Waals surface area (Å²) in [7, 11) is 0. The molecule has 0 aliphatic rings. The molecule has 0 aromatic carbocycles. The van der Waals surface area contributed by atoms with Crippen LogP contribution in [0.2, 0.25) is 0 Å². The Bertz CT molecular complexity index is 86.2. The molecule has 3 heteroatoms. The molecule has 0 aliphatic carbocycles. The Kier molecular flexibility index (Phi) is 8.98. The van der Waals surface area contributed by atoms with E-state index >= 15 is 0 Å². The van der Waals surface area contributed by atoms with Crippen LogP contribution in [0.5, 0.6) is 0 Å². The van der Waals surface area contributed by atoms with E-state index in [9.17, 15) is 4.79 Å². The van der Waals surface area contributed by atoms with Crippen LogP contribution >= 0.6 is 0 Å². The number of nitrogens with zero attached hydrogens (tertiary/aromatic N) is 1. The molecule has 2 nitrogen and oxygen atoms in total.